The predicted molar refractivity (Wildman–Crippen MR) is 76.1 cm³/mol. The molecule has 0 unspecified atom stereocenters. The molecule has 0 aliphatic carbocycles. The second kappa shape index (κ2) is 6.23. The van der Waals surface area contributed by atoms with Crippen molar-refractivity contribution >= 4 is 5.95 Å². The lowest BCUT2D eigenvalue weighted by atomic mass is 9.98. The number of piperidine rings is 1. The summed E-state index contributed by atoms with van der Waals surface area (Å²) >= 11 is 0. The maximum absolute atomic E-state index is 4.67. The molecule has 2 rings (SSSR count). The Hall–Kier alpha value is -1.03. The van der Waals surface area contributed by atoms with Crippen LogP contribution in [0.25, 0.3) is 0 Å². The van der Waals surface area contributed by atoms with Gasteiger partial charge in [-0.25, -0.2) is 4.98 Å². The summed E-state index contributed by atoms with van der Waals surface area (Å²) in [7, 11) is 2.18. The second-order valence-corrected chi connectivity index (χ2v) is 5.45. The highest BCUT2D eigenvalue weighted by atomic mass is 15.3. The smallest absolute Gasteiger partial charge is 0.205 e. The van der Waals surface area contributed by atoms with E-state index >= 15 is 0 Å². The van der Waals surface area contributed by atoms with Crippen molar-refractivity contribution in [3.05, 3.63) is 11.9 Å². The first-order valence-corrected chi connectivity index (χ1v) is 7.16. The Kier molecular flexibility index (Phi) is 4.64. The number of nitrogens with zero attached hydrogens (tertiary/aromatic N) is 3. The highest BCUT2D eigenvalue weighted by molar-refractivity contribution is 5.32. The summed E-state index contributed by atoms with van der Waals surface area (Å²) in [5.74, 6) is 1.94. The minimum Gasteiger partial charge on any atom is -0.345 e. The zero-order valence-corrected chi connectivity index (χ0v) is 11.9. The van der Waals surface area contributed by atoms with Gasteiger partial charge in [0.15, 0.2) is 0 Å². The van der Waals surface area contributed by atoms with Crippen molar-refractivity contribution < 1.29 is 0 Å². The van der Waals surface area contributed by atoms with Crippen molar-refractivity contribution in [2.75, 3.05) is 31.6 Å². The first-order chi connectivity index (χ1) is 8.70. The molecule has 0 amide bonds. The predicted octanol–water partition coefficient (Wildman–Crippen LogP) is 2.04. The number of hydrogen-bond acceptors (Lipinski definition) is 3. The molecule has 1 aromatic heterocycles. The van der Waals surface area contributed by atoms with Crippen LogP contribution in [-0.4, -0.2) is 36.2 Å². The van der Waals surface area contributed by atoms with E-state index in [4.69, 9.17) is 0 Å². The van der Waals surface area contributed by atoms with Crippen molar-refractivity contribution in [3.8, 4) is 0 Å². The van der Waals surface area contributed by atoms with Crippen molar-refractivity contribution in [1.82, 2.24) is 14.9 Å². The van der Waals surface area contributed by atoms with Crippen molar-refractivity contribution in [1.29, 1.82) is 0 Å². The van der Waals surface area contributed by atoms with Gasteiger partial charge < -0.3 is 14.8 Å². The fourth-order valence-electron chi connectivity index (χ4n) is 2.78. The van der Waals surface area contributed by atoms with Gasteiger partial charge in [0.05, 0.1) is 5.69 Å². The lowest BCUT2D eigenvalue weighted by Crippen LogP contribution is -2.35. The molecular weight excluding hydrogens is 224 g/mol. The number of rotatable bonds is 5. The van der Waals surface area contributed by atoms with Crippen LogP contribution in [0.4, 0.5) is 5.95 Å². The first kappa shape index (κ1) is 13.4. The second-order valence-electron chi connectivity index (χ2n) is 5.45. The molecule has 0 bridgehead atoms. The molecule has 4 nitrogen and oxygen atoms in total. The molecule has 1 aliphatic rings. The third kappa shape index (κ3) is 3.25. The quantitative estimate of drug-likeness (QED) is 0.868. The van der Waals surface area contributed by atoms with E-state index in [9.17, 15) is 0 Å². The standard InChI is InChI=1S/C14H26N4/c1-4-9-18-10-12(2)16-14(18)17(3)11-13-5-7-15-8-6-13/h10,13,15H,4-9,11H2,1-3H3. The molecule has 0 atom stereocenters. The molecule has 0 spiro atoms. The topological polar surface area (TPSA) is 33.1 Å². The minimum absolute atomic E-state index is 0.809. The Labute approximate surface area is 110 Å². The maximum Gasteiger partial charge on any atom is 0.205 e. The van der Waals surface area contributed by atoms with Crippen molar-refractivity contribution in [2.24, 2.45) is 5.92 Å². The molecule has 1 saturated heterocycles. The third-order valence-electron chi connectivity index (χ3n) is 3.67. The van der Waals surface area contributed by atoms with E-state index in [1.807, 2.05) is 0 Å². The van der Waals surface area contributed by atoms with Gasteiger partial charge in [-0.2, -0.15) is 0 Å². The largest absolute Gasteiger partial charge is 0.345 e. The van der Waals surface area contributed by atoms with Gasteiger partial charge >= 0.3 is 0 Å². The van der Waals surface area contributed by atoms with Crippen LogP contribution < -0.4 is 10.2 Å². The van der Waals surface area contributed by atoms with Gasteiger partial charge in [-0.1, -0.05) is 6.92 Å². The van der Waals surface area contributed by atoms with Gasteiger partial charge in [0, 0.05) is 26.3 Å². The Bertz CT molecular complexity index is 366. The lowest BCUT2D eigenvalue weighted by Gasteiger charge is -2.28. The summed E-state index contributed by atoms with van der Waals surface area (Å²) < 4.78 is 2.29. The fourth-order valence-corrected chi connectivity index (χ4v) is 2.78. The molecule has 1 aliphatic heterocycles. The molecule has 0 radical (unpaired) electrons. The zero-order valence-electron chi connectivity index (χ0n) is 11.9. The Morgan fingerprint density at radius 2 is 2.17 bits per heavy atom. The molecule has 1 fully saturated rings. The summed E-state index contributed by atoms with van der Waals surface area (Å²) in [4.78, 5) is 7.00. The van der Waals surface area contributed by atoms with Gasteiger partial charge in [-0.3, -0.25) is 0 Å². The van der Waals surface area contributed by atoms with Crippen LogP contribution in [0.2, 0.25) is 0 Å². The van der Waals surface area contributed by atoms with Crippen molar-refractivity contribution in [3.63, 3.8) is 0 Å². The van der Waals surface area contributed by atoms with Crippen LogP contribution in [-0.2, 0) is 6.54 Å². The van der Waals surface area contributed by atoms with Crippen molar-refractivity contribution in [2.45, 2.75) is 39.7 Å². The van der Waals surface area contributed by atoms with E-state index in [2.05, 4.69) is 46.9 Å². The molecule has 0 aromatic carbocycles. The monoisotopic (exact) mass is 250 g/mol. The van der Waals surface area contributed by atoms with Gasteiger partial charge in [0.25, 0.3) is 0 Å². The van der Waals surface area contributed by atoms with E-state index in [0.29, 0.717) is 0 Å². The van der Waals surface area contributed by atoms with Gasteiger partial charge in [0.1, 0.15) is 0 Å². The molecule has 102 valence electrons. The number of hydrogen-bond donors (Lipinski definition) is 1. The summed E-state index contributed by atoms with van der Waals surface area (Å²) in [5.41, 5.74) is 1.12. The normalized spacial score (nSPS) is 17.1. The number of anilines is 1. The number of nitrogens with one attached hydrogen (secondary N) is 1. The van der Waals surface area contributed by atoms with E-state index in [1.165, 1.54) is 25.9 Å². The molecule has 4 heteroatoms. The van der Waals surface area contributed by atoms with Crippen LogP contribution in [0, 0.1) is 12.8 Å². The Morgan fingerprint density at radius 1 is 1.44 bits per heavy atom. The zero-order chi connectivity index (χ0) is 13.0. The highest BCUT2D eigenvalue weighted by Crippen LogP contribution is 2.18. The van der Waals surface area contributed by atoms with E-state index in [-0.39, 0.29) is 0 Å². The molecule has 1 aromatic rings. The third-order valence-corrected chi connectivity index (χ3v) is 3.67. The number of imidazole rings is 1. The first-order valence-electron chi connectivity index (χ1n) is 7.16. The average Bonchev–Trinajstić information content (AvgIpc) is 2.72. The Morgan fingerprint density at radius 3 is 2.83 bits per heavy atom. The van der Waals surface area contributed by atoms with Crippen LogP contribution in [0.15, 0.2) is 6.20 Å². The molecular formula is C14H26N4. The van der Waals surface area contributed by atoms with Gasteiger partial charge in [-0.05, 0) is 45.2 Å². The Balaban J connectivity index is 2.00. The maximum atomic E-state index is 4.67. The van der Waals surface area contributed by atoms with Crippen LogP contribution >= 0.6 is 0 Å². The van der Waals surface area contributed by atoms with Crippen LogP contribution in [0.1, 0.15) is 31.9 Å². The summed E-state index contributed by atoms with van der Waals surface area (Å²) in [6.07, 6.45) is 5.90. The molecule has 1 N–H and O–H groups in total. The molecule has 18 heavy (non-hydrogen) atoms. The number of aromatic nitrogens is 2. The van der Waals surface area contributed by atoms with E-state index in [0.717, 1.165) is 37.1 Å². The summed E-state index contributed by atoms with van der Waals surface area (Å²) in [6.45, 7) is 8.82. The molecule has 2 heterocycles. The number of aryl methyl sites for hydroxylation is 2. The average molecular weight is 250 g/mol. The van der Waals surface area contributed by atoms with Gasteiger partial charge in [-0.15, -0.1) is 0 Å². The summed E-state index contributed by atoms with van der Waals surface area (Å²) in [6, 6.07) is 0. The van der Waals surface area contributed by atoms with E-state index < -0.39 is 0 Å². The lowest BCUT2D eigenvalue weighted by molar-refractivity contribution is 0.376. The SMILES string of the molecule is CCCn1cc(C)nc1N(C)CC1CCNCC1. The minimum atomic E-state index is 0.809. The van der Waals surface area contributed by atoms with E-state index in [1.54, 1.807) is 0 Å². The fraction of sp³-hybridized carbons (Fsp3) is 0.786. The molecule has 0 saturated carbocycles. The highest BCUT2D eigenvalue weighted by Gasteiger charge is 2.17. The summed E-state index contributed by atoms with van der Waals surface area (Å²) in [5, 5.41) is 3.42. The van der Waals surface area contributed by atoms with Crippen LogP contribution in [0.5, 0.6) is 0 Å². The van der Waals surface area contributed by atoms with Gasteiger partial charge in [0.2, 0.25) is 5.95 Å². The van der Waals surface area contributed by atoms with Crippen LogP contribution in [0.3, 0.4) is 0 Å².